The Hall–Kier alpha value is -1.26. The number of fused-ring (bicyclic) bond motifs is 1. The minimum atomic E-state index is 0.000869. The zero-order valence-corrected chi connectivity index (χ0v) is 10.4. The van der Waals surface area contributed by atoms with E-state index in [1.54, 1.807) is 0 Å². The van der Waals surface area contributed by atoms with Gasteiger partial charge < -0.3 is 19.9 Å². The summed E-state index contributed by atoms with van der Waals surface area (Å²) >= 11 is 0. The largest absolute Gasteiger partial charge is 0.493 e. The van der Waals surface area contributed by atoms with Crippen LogP contribution in [0.15, 0.2) is 18.2 Å². The van der Waals surface area contributed by atoms with E-state index in [1.165, 1.54) is 6.42 Å². The highest BCUT2D eigenvalue weighted by molar-refractivity contribution is 5.44. The highest BCUT2D eigenvalue weighted by atomic mass is 16.5. The number of benzene rings is 1. The van der Waals surface area contributed by atoms with Gasteiger partial charge in [0.05, 0.1) is 18.8 Å². The molecule has 2 unspecified atom stereocenters. The van der Waals surface area contributed by atoms with E-state index in [0.717, 1.165) is 36.5 Å². The maximum Gasteiger partial charge on any atom is 0.127 e. The summed E-state index contributed by atoms with van der Waals surface area (Å²) in [6.07, 6.45) is 3.67. The van der Waals surface area contributed by atoms with Gasteiger partial charge in [-0.2, -0.15) is 0 Å². The number of ether oxygens (including phenoxy) is 3. The van der Waals surface area contributed by atoms with Crippen molar-refractivity contribution >= 4 is 0 Å². The summed E-state index contributed by atoms with van der Waals surface area (Å²) in [5, 5.41) is 0. The first-order valence-corrected chi connectivity index (χ1v) is 6.59. The molecule has 2 aliphatic rings. The molecular formula is C14H19NO3. The molecule has 1 saturated heterocycles. The molecule has 18 heavy (non-hydrogen) atoms. The molecule has 1 aromatic rings. The van der Waals surface area contributed by atoms with E-state index in [9.17, 15) is 0 Å². The van der Waals surface area contributed by atoms with Gasteiger partial charge in [0.2, 0.25) is 0 Å². The topological polar surface area (TPSA) is 53.7 Å². The van der Waals surface area contributed by atoms with Crippen molar-refractivity contribution in [3.8, 4) is 11.5 Å². The van der Waals surface area contributed by atoms with Gasteiger partial charge in [0.15, 0.2) is 0 Å². The van der Waals surface area contributed by atoms with Crippen molar-refractivity contribution in [3.05, 3.63) is 23.8 Å². The maximum atomic E-state index is 5.90. The van der Waals surface area contributed by atoms with Gasteiger partial charge in [-0.05, 0) is 25.0 Å². The van der Waals surface area contributed by atoms with Crippen LogP contribution >= 0.6 is 0 Å². The average Bonchev–Trinajstić information content (AvgIpc) is 3.00. The third-order valence-corrected chi connectivity index (χ3v) is 3.54. The molecule has 1 aromatic carbocycles. The number of hydrogen-bond acceptors (Lipinski definition) is 4. The Bertz CT molecular complexity index is 416. The van der Waals surface area contributed by atoms with Crippen molar-refractivity contribution in [2.45, 2.75) is 31.4 Å². The zero-order valence-electron chi connectivity index (χ0n) is 10.4. The second-order valence-electron chi connectivity index (χ2n) is 4.89. The van der Waals surface area contributed by atoms with Gasteiger partial charge in [0.25, 0.3) is 0 Å². The Labute approximate surface area is 107 Å². The molecule has 2 atom stereocenters. The number of nitrogens with two attached hydrogens (primary N) is 1. The first kappa shape index (κ1) is 11.8. The first-order chi connectivity index (χ1) is 8.83. The number of rotatable bonds is 4. The molecule has 4 heteroatoms. The van der Waals surface area contributed by atoms with Crippen molar-refractivity contribution in [1.29, 1.82) is 0 Å². The Morgan fingerprint density at radius 2 is 2.33 bits per heavy atom. The molecule has 0 saturated carbocycles. The monoisotopic (exact) mass is 249 g/mol. The minimum absolute atomic E-state index is 0.000869. The molecule has 1 fully saturated rings. The third kappa shape index (κ3) is 2.44. The first-order valence-electron chi connectivity index (χ1n) is 6.59. The molecular weight excluding hydrogens is 230 g/mol. The molecule has 0 amide bonds. The van der Waals surface area contributed by atoms with Crippen LogP contribution in [0, 0.1) is 0 Å². The molecule has 0 radical (unpaired) electrons. The van der Waals surface area contributed by atoms with Gasteiger partial charge in [-0.25, -0.2) is 0 Å². The van der Waals surface area contributed by atoms with Gasteiger partial charge in [-0.3, -0.25) is 0 Å². The van der Waals surface area contributed by atoms with E-state index < -0.39 is 0 Å². The molecule has 0 aliphatic carbocycles. The van der Waals surface area contributed by atoms with Crippen LogP contribution in [0.4, 0.5) is 0 Å². The predicted molar refractivity (Wildman–Crippen MR) is 68.0 cm³/mol. The minimum Gasteiger partial charge on any atom is -0.493 e. The van der Waals surface area contributed by atoms with Crippen LogP contribution in [0.25, 0.3) is 0 Å². The second kappa shape index (κ2) is 5.16. The highest BCUT2D eigenvalue weighted by Gasteiger charge is 2.21. The molecule has 0 aromatic heterocycles. The molecule has 2 N–H and O–H groups in total. The van der Waals surface area contributed by atoms with E-state index in [4.69, 9.17) is 19.9 Å². The van der Waals surface area contributed by atoms with Gasteiger partial charge in [0, 0.05) is 24.7 Å². The van der Waals surface area contributed by atoms with Gasteiger partial charge in [0.1, 0.15) is 18.1 Å². The normalized spacial score (nSPS) is 25.8. The zero-order chi connectivity index (χ0) is 12.4. The van der Waals surface area contributed by atoms with Crippen molar-refractivity contribution in [2.24, 2.45) is 5.73 Å². The molecule has 0 spiro atoms. The summed E-state index contributed by atoms with van der Waals surface area (Å²) in [5.74, 6) is 1.71. The lowest BCUT2D eigenvalue weighted by Gasteiger charge is -2.11. The highest BCUT2D eigenvalue weighted by Crippen LogP contribution is 2.34. The van der Waals surface area contributed by atoms with Crippen LogP contribution in [-0.2, 0) is 4.74 Å². The molecule has 3 rings (SSSR count). The summed E-state index contributed by atoms with van der Waals surface area (Å²) in [7, 11) is 0. The molecule has 2 aliphatic heterocycles. The van der Waals surface area contributed by atoms with Gasteiger partial charge in [-0.1, -0.05) is 0 Å². The average molecular weight is 249 g/mol. The maximum absolute atomic E-state index is 5.90. The summed E-state index contributed by atoms with van der Waals surface area (Å²) in [5.41, 5.74) is 6.97. The standard InChI is InChI=1S/C14H19NO3/c15-13-9-18-14-8-11(3-4-12(13)14)17-7-5-10-2-1-6-16-10/h3-4,8,10,13H,1-2,5-7,9,15H2. The lowest BCUT2D eigenvalue weighted by molar-refractivity contribution is 0.0903. The van der Waals surface area contributed by atoms with Crippen molar-refractivity contribution in [2.75, 3.05) is 19.8 Å². The van der Waals surface area contributed by atoms with Crippen LogP contribution in [0.2, 0.25) is 0 Å². The summed E-state index contributed by atoms with van der Waals surface area (Å²) in [6.45, 7) is 2.15. The van der Waals surface area contributed by atoms with Crippen LogP contribution in [-0.4, -0.2) is 25.9 Å². The third-order valence-electron chi connectivity index (χ3n) is 3.54. The smallest absolute Gasteiger partial charge is 0.127 e. The van der Waals surface area contributed by atoms with Crippen molar-refractivity contribution in [1.82, 2.24) is 0 Å². The Kier molecular flexibility index (Phi) is 3.39. The molecule has 4 nitrogen and oxygen atoms in total. The SMILES string of the molecule is NC1COc2cc(OCCC3CCCO3)ccc21. The fourth-order valence-corrected chi connectivity index (χ4v) is 2.49. The van der Waals surface area contributed by atoms with E-state index in [1.807, 2.05) is 18.2 Å². The fourth-order valence-electron chi connectivity index (χ4n) is 2.49. The van der Waals surface area contributed by atoms with Crippen molar-refractivity contribution in [3.63, 3.8) is 0 Å². The quantitative estimate of drug-likeness (QED) is 0.887. The predicted octanol–water partition coefficient (Wildman–Crippen LogP) is 2.03. The van der Waals surface area contributed by atoms with Crippen LogP contribution < -0.4 is 15.2 Å². The summed E-state index contributed by atoms with van der Waals surface area (Å²) in [4.78, 5) is 0. The lowest BCUT2D eigenvalue weighted by atomic mass is 10.1. The van der Waals surface area contributed by atoms with Crippen LogP contribution in [0.3, 0.4) is 0 Å². The lowest BCUT2D eigenvalue weighted by Crippen LogP contribution is -2.11. The molecule has 2 heterocycles. The Morgan fingerprint density at radius 1 is 1.39 bits per heavy atom. The summed E-state index contributed by atoms with van der Waals surface area (Å²) in [6, 6.07) is 5.88. The summed E-state index contributed by atoms with van der Waals surface area (Å²) < 4.78 is 16.8. The van der Waals surface area contributed by atoms with Crippen LogP contribution in [0.5, 0.6) is 11.5 Å². The molecule has 98 valence electrons. The fraction of sp³-hybridized carbons (Fsp3) is 0.571. The van der Waals surface area contributed by atoms with E-state index in [-0.39, 0.29) is 6.04 Å². The Morgan fingerprint density at radius 3 is 3.17 bits per heavy atom. The van der Waals surface area contributed by atoms with Gasteiger partial charge >= 0.3 is 0 Å². The van der Waals surface area contributed by atoms with Gasteiger partial charge in [-0.15, -0.1) is 0 Å². The second-order valence-corrected chi connectivity index (χ2v) is 4.89. The van der Waals surface area contributed by atoms with E-state index in [0.29, 0.717) is 19.3 Å². The Balaban J connectivity index is 1.53. The van der Waals surface area contributed by atoms with E-state index >= 15 is 0 Å². The molecule has 0 bridgehead atoms. The van der Waals surface area contributed by atoms with Crippen molar-refractivity contribution < 1.29 is 14.2 Å². The van der Waals surface area contributed by atoms with Crippen LogP contribution in [0.1, 0.15) is 30.9 Å². The number of hydrogen-bond donors (Lipinski definition) is 1. The van der Waals surface area contributed by atoms with E-state index in [2.05, 4.69) is 0 Å².